The van der Waals surface area contributed by atoms with Gasteiger partial charge in [-0.15, -0.1) is 0 Å². The van der Waals surface area contributed by atoms with Crippen LogP contribution in [0.3, 0.4) is 0 Å². The molecule has 11 heteroatoms. The zero-order valence-corrected chi connectivity index (χ0v) is 26.8. The standard InChI is InChI=1S/C36H41N5O6/c1-36(2,37)35(45)39-28(23-47-22-24-11-6-4-7-12-24)32(42)38-27-16-17-29-26(21-27)18-20-40(29)31(25-13-8-5-9-14-25)33(43)41-19-10-15-30(41)34(44)46-3/h4-9,11-14,16-18,20-21,28,30-31H,10,15,19,22-23,37H2,1-3H3,(H,38,42)(H,39,45)/t28-,30+,31?/m1/s1. The Morgan fingerprint density at radius 3 is 2.36 bits per heavy atom. The second kappa shape index (κ2) is 14.6. The minimum absolute atomic E-state index is 0.0644. The number of amides is 3. The van der Waals surface area contributed by atoms with Gasteiger partial charge in [-0.3, -0.25) is 14.4 Å². The van der Waals surface area contributed by atoms with Crippen molar-refractivity contribution >= 4 is 40.3 Å². The first kappa shape index (κ1) is 33.4. The number of nitrogens with one attached hydrogen (secondary N) is 2. The number of carbonyl (C=O) groups excluding carboxylic acids is 4. The summed E-state index contributed by atoms with van der Waals surface area (Å²) in [6, 6.07) is 23.8. The molecular formula is C36H41N5O6. The van der Waals surface area contributed by atoms with Crippen molar-refractivity contribution in [2.45, 2.75) is 57.0 Å². The van der Waals surface area contributed by atoms with Crippen LogP contribution in [0.2, 0.25) is 0 Å². The molecule has 1 saturated heterocycles. The third kappa shape index (κ3) is 7.87. The van der Waals surface area contributed by atoms with Gasteiger partial charge in [-0.05, 0) is 62.1 Å². The van der Waals surface area contributed by atoms with Crippen LogP contribution in [0, 0.1) is 0 Å². The lowest BCUT2D eigenvalue weighted by molar-refractivity contribution is -0.151. The number of likely N-dealkylation sites (tertiary alicyclic amines) is 1. The molecule has 4 N–H and O–H groups in total. The Morgan fingerprint density at radius 1 is 0.979 bits per heavy atom. The summed E-state index contributed by atoms with van der Waals surface area (Å²) in [6.07, 6.45) is 3.10. The van der Waals surface area contributed by atoms with E-state index in [1.54, 1.807) is 30.9 Å². The fourth-order valence-corrected chi connectivity index (χ4v) is 5.72. The van der Waals surface area contributed by atoms with Crippen LogP contribution in [0.25, 0.3) is 10.9 Å². The van der Waals surface area contributed by atoms with Crippen LogP contribution < -0.4 is 16.4 Å². The Balaban J connectivity index is 1.38. The van der Waals surface area contributed by atoms with Gasteiger partial charge < -0.3 is 35.3 Å². The summed E-state index contributed by atoms with van der Waals surface area (Å²) in [5.74, 6) is -1.57. The number of aromatic nitrogens is 1. The number of methoxy groups -OCH3 is 1. The van der Waals surface area contributed by atoms with Crippen molar-refractivity contribution < 1.29 is 28.7 Å². The number of nitrogens with two attached hydrogens (primary N) is 1. The van der Waals surface area contributed by atoms with Crippen LogP contribution in [0.5, 0.6) is 0 Å². The number of rotatable bonds is 12. The molecule has 3 atom stereocenters. The Bertz CT molecular complexity index is 1720. The minimum Gasteiger partial charge on any atom is -0.467 e. The Kier molecular flexibility index (Phi) is 10.4. The van der Waals surface area contributed by atoms with Gasteiger partial charge in [0, 0.05) is 29.3 Å². The van der Waals surface area contributed by atoms with Crippen molar-refractivity contribution in [1.82, 2.24) is 14.8 Å². The maximum atomic E-state index is 14.1. The fraction of sp³-hybridized carbons (Fsp3) is 0.333. The van der Waals surface area contributed by atoms with Crippen molar-refractivity contribution in [2.24, 2.45) is 5.73 Å². The van der Waals surface area contributed by atoms with E-state index in [9.17, 15) is 19.2 Å². The molecule has 1 aliphatic heterocycles. The van der Waals surface area contributed by atoms with E-state index in [0.717, 1.165) is 22.0 Å². The van der Waals surface area contributed by atoms with Crippen molar-refractivity contribution in [3.8, 4) is 0 Å². The highest BCUT2D eigenvalue weighted by molar-refractivity contribution is 6.00. The molecular weight excluding hydrogens is 598 g/mol. The Labute approximate surface area is 274 Å². The van der Waals surface area contributed by atoms with Crippen molar-refractivity contribution in [3.05, 3.63) is 102 Å². The highest BCUT2D eigenvalue weighted by Gasteiger charge is 2.39. The van der Waals surface area contributed by atoms with E-state index in [1.165, 1.54) is 7.11 Å². The lowest BCUT2D eigenvalue weighted by Crippen LogP contribution is -2.56. The van der Waals surface area contributed by atoms with E-state index in [4.69, 9.17) is 15.2 Å². The molecule has 47 heavy (non-hydrogen) atoms. The zero-order chi connectivity index (χ0) is 33.6. The first-order valence-corrected chi connectivity index (χ1v) is 15.6. The molecule has 1 unspecified atom stereocenters. The number of ether oxygens (including phenoxy) is 2. The monoisotopic (exact) mass is 639 g/mol. The average molecular weight is 640 g/mol. The lowest BCUT2D eigenvalue weighted by Gasteiger charge is -2.29. The normalized spacial score (nSPS) is 16.0. The minimum atomic E-state index is -1.20. The van der Waals surface area contributed by atoms with Crippen LogP contribution in [0.1, 0.15) is 43.9 Å². The first-order valence-electron chi connectivity index (χ1n) is 15.6. The molecule has 1 aliphatic rings. The van der Waals surface area contributed by atoms with Crippen LogP contribution in [-0.2, 0) is 35.3 Å². The van der Waals surface area contributed by atoms with Crippen LogP contribution in [0.4, 0.5) is 5.69 Å². The fourth-order valence-electron chi connectivity index (χ4n) is 5.72. The van der Waals surface area contributed by atoms with Gasteiger partial charge in [0.15, 0.2) is 0 Å². The molecule has 0 bridgehead atoms. The second-order valence-corrected chi connectivity index (χ2v) is 12.3. The molecule has 2 heterocycles. The predicted molar refractivity (Wildman–Crippen MR) is 178 cm³/mol. The predicted octanol–water partition coefficient (Wildman–Crippen LogP) is 3.77. The first-order chi connectivity index (χ1) is 22.6. The number of hydrogen-bond donors (Lipinski definition) is 3. The number of fused-ring (bicyclic) bond motifs is 1. The summed E-state index contributed by atoms with van der Waals surface area (Å²) in [6.45, 7) is 3.79. The van der Waals surface area contributed by atoms with Gasteiger partial charge >= 0.3 is 5.97 Å². The molecule has 3 amide bonds. The van der Waals surface area contributed by atoms with Gasteiger partial charge in [0.05, 0.1) is 25.9 Å². The Hall–Kier alpha value is -5.00. The molecule has 0 radical (unpaired) electrons. The summed E-state index contributed by atoms with van der Waals surface area (Å²) >= 11 is 0. The lowest BCUT2D eigenvalue weighted by atomic mass is 10.0. The molecule has 0 saturated carbocycles. The van der Waals surface area contributed by atoms with Gasteiger partial charge in [0.2, 0.25) is 11.8 Å². The summed E-state index contributed by atoms with van der Waals surface area (Å²) in [5.41, 5.74) is 7.77. The summed E-state index contributed by atoms with van der Waals surface area (Å²) in [4.78, 5) is 54.4. The largest absolute Gasteiger partial charge is 0.467 e. The number of benzene rings is 3. The maximum absolute atomic E-state index is 14.1. The van der Waals surface area contributed by atoms with Crippen molar-refractivity contribution in [1.29, 1.82) is 0 Å². The summed E-state index contributed by atoms with van der Waals surface area (Å²) in [5, 5.41) is 6.39. The van der Waals surface area contributed by atoms with Gasteiger partial charge in [0.1, 0.15) is 18.1 Å². The van der Waals surface area contributed by atoms with E-state index in [2.05, 4.69) is 10.6 Å². The van der Waals surface area contributed by atoms with E-state index < -0.39 is 41.4 Å². The molecule has 11 nitrogen and oxygen atoms in total. The maximum Gasteiger partial charge on any atom is 0.328 e. The van der Waals surface area contributed by atoms with Crippen LogP contribution in [-0.4, -0.2) is 71.0 Å². The molecule has 0 spiro atoms. The van der Waals surface area contributed by atoms with E-state index >= 15 is 0 Å². The zero-order valence-electron chi connectivity index (χ0n) is 26.8. The van der Waals surface area contributed by atoms with Gasteiger partial charge in [-0.25, -0.2) is 4.79 Å². The summed E-state index contributed by atoms with van der Waals surface area (Å²) in [7, 11) is 1.33. The smallest absolute Gasteiger partial charge is 0.328 e. The molecule has 1 fully saturated rings. The SMILES string of the molecule is COC(=O)[C@@H]1CCCN1C(=O)C(c1ccccc1)n1ccc2cc(NC(=O)[C@@H](COCc3ccccc3)NC(=O)C(C)(C)N)ccc21. The number of anilines is 1. The molecule has 3 aromatic carbocycles. The molecule has 5 rings (SSSR count). The van der Waals surface area contributed by atoms with Crippen molar-refractivity contribution in [2.75, 3.05) is 25.6 Å². The van der Waals surface area contributed by atoms with Gasteiger partial charge in [0.25, 0.3) is 5.91 Å². The molecule has 0 aliphatic carbocycles. The number of carbonyl (C=O) groups is 4. The van der Waals surface area contributed by atoms with E-state index in [0.29, 0.717) is 25.1 Å². The topological polar surface area (TPSA) is 145 Å². The third-order valence-electron chi connectivity index (χ3n) is 8.23. The Morgan fingerprint density at radius 2 is 1.68 bits per heavy atom. The number of nitrogens with zero attached hydrogens (tertiary/aromatic N) is 2. The third-order valence-corrected chi connectivity index (χ3v) is 8.23. The molecule has 246 valence electrons. The summed E-state index contributed by atoms with van der Waals surface area (Å²) < 4.78 is 12.7. The number of esters is 1. The second-order valence-electron chi connectivity index (χ2n) is 12.3. The van der Waals surface area contributed by atoms with Crippen LogP contribution >= 0.6 is 0 Å². The highest BCUT2D eigenvalue weighted by Crippen LogP contribution is 2.31. The quantitative estimate of drug-likeness (QED) is 0.200. The molecule has 4 aromatic rings. The van der Waals surface area contributed by atoms with E-state index in [1.807, 2.05) is 83.6 Å². The number of hydrogen-bond acceptors (Lipinski definition) is 7. The van der Waals surface area contributed by atoms with Gasteiger partial charge in [-0.1, -0.05) is 60.7 Å². The van der Waals surface area contributed by atoms with Gasteiger partial charge in [-0.2, -0.15) is 0 Å². The average Bonchev–Trinajstić information content (AvgIpc) is 3.72. The van der Waals surface area contributed by atoms with Crippen LogP contribution in [0.15, 0.2) is 91.1 Å². The highest BCUT2D eigenvalue weighted by atomic mass is 16.5. The van der Waals surface area contributed by atoms with Crippen molar-refractivity contribution in [3.63, 3.8) is 0 Å². The molecule has 1 aromatic heterocycles. The van der Waals surface area contributed by atoms with E-state index in [-0.39, 0.29) is 19.1 Å².